The van der Waals surface area contributed by atoms with Crippen LogP contribution in [0.25, 0.3) is 0 Å². The molecule has 0 radical (unpaired) electrons. The first kappa shape index (κ1) is 9.00. The van der Waals surface area contributed by atoms with Gasteiger partial charge < -0.3 is 4.57 Å². The minimum absolute atomic E-state index is 0.862. The van der Waals surface area contributed by atoms with Gasteiger partial charge in [0.1, 0.15) is 0 Å². The smallest absolute Gasteiger partial charge is 0.0645 e. The number of aryl methyl sites for hydroxylation is 2. The molecule has 0 fully saturated rings. The van der Waals surface area contributed by atoms with Crippen LogP contribution < -0.4 is 0 Å². The normalized spacial score (nSPS) is 10.4. The minimum Gasteiger partial charge on any atom is -0.346 e. The molecule has 2 rings (SSSR count). The van der Waals surface area contributed by atoms with Crippen LogP contribution in [0.1, 0.15) is 17.0 Å². The first-order valence-electron chi connectivity index (χ1n) is 4.79. The fraction of sp³-hybridized carbons (Fsp3) is 0.250. The summed E-state index contributed by atoms with van der Waals surface area (Å²) in [4.78, 5) is 4.30. The maximum absolute atomic E-state index is 4.30. The van der Waals surface area contributed by atoms with Crippen LogP contribution in [0, 0.1) is 13.8 Å². The Morgan fingerprint density at radius 2 is 2.14 bits per heavy atom. The maximum Gasteiger partial charge on any atom is 0.0645 e. The van der Waals surface area contributed by atoms with Gasteiger partial charge in [0.05, 0.1) is 12.2 Å². The molecule has 0 aliphatic carbocycles. The molecule has 2 heterocycles. The van der Waals surface area contributed by atoms with Crippen LogP contribution in [0.15, 0.2) is 36.7 Å². The Balaban J connectivity index is 2.23. The van der Waals surface area contributed by atoms with Crippen LogP contribution in [0.3, 0.4) is 0 Å². The van der Waals surface area contributed by atoms with E-state index in [-0.39, 0.29) is 0 Å². The Labute approximate surface area is 84.2 Å². The summed E-state index contributed by atoms with van der Waals surface area (Å²) in [7, 11) is 0. The maximum atomic E-state index is 4.30. The van der Waals surface area contributed by atoms with E-state index in [1.807, 2.05) is 18.3 Å². The quantitative estimate of drug-likeness (QED) is 0.704. The highest BCUT2D eigenvalue weighted by atomic mass is 15.0. The standard InChI is InChI=1S/C12H14N2/c1-10-7-11(2)14(8-10)9-12-5-3-4-6-13-12/h3-8H,9H2,1-2H3. The third-order valence-electron chi connectivity index (χ3n) is 2.31. The number of hydrogen-bond donors (Lipinski definition) is 0. The van der Waals surface area contributed by atoms with Crippen molar-refractivity contribution in [2.75, 3.05) is 0 Å². The molecule has 0 N–H and O–H groups in total. The van der Waals surface area contributed by atoms with Crippen LogP contribution >= 0.6 is 0 Å². The summed E-state index contributed by atoms with van der Waals surface area (Å²) in [6, 6.07) is 8.20. The summed E-state index contributed by atoms with van der Waals surface area (Å²) >= 11 is 0. The van der Waals surface area contributed by atoms with Crippen LogP contribution in [-0.2, 0) is 6.54 Å². The van der Waals surface area contributed by atoms with Crippen molar-refractivity contribution in [3.05, 3.63) is 53.6 Å². The summed E-state index contributed by atoms with van der Waals surface area (Å²) in [5.74, 6) is 0. The molecule has 2 heteroatoms. The van der Waals surface area contributed by atoms with E-state index >= 15 is 0 Å². The van der Waals surface area contributed by atoms with E-state index in [1.165, 1.54) is 11.3 Å². The zero-order valence-electron chi connectivity index (χ0n) is 8.57. The molecule has 0 unspecified atom stereocenters. The molecule has 0 aliphatic rings. The molecule has 72 valence electrons. The Morgan fingerprint density at radius 1 is 1.29 bits per heavy atom. The average molecular weight is 186 g/mol. The Hall–Kier alpha value is -1.57. The number of rotatable bonds is 2. The number of aromatic nitrogens is 2. The van der Waals surface area contributed by atoms with E-state index in [0.717, 1.165) is 12.2 Å². The number of hydrogen-bond acceptors (Lipinski definition) is 1. The van der Waals surface area contributed by atoms with Gasteiger partial charge in [0, 0.05) is 18.1 Å². The van der Waals surface area contributed by atoms with Crippen molar-refractivity contribution >= 4 is 0 Å². The second kappa shape index (κ2) is 3.66. The molecule has 0 aromatic carbocycles. The Kier molecular flexibility index (Phi) is 2.35. The fourth-order valence-electron chi connectivity index (χ4n) is 1.63. The van der Waals surface area contributed by atoms with Crippen molar-refractivity contribution in [3.63, 3.8) is 0 Å². The van der Waals surface area contributed by atoms with Gasteiger partial charge in [-0.15, -0.1) is 0 Å². The molecule has 0 spiro atoms. The minimum atomic E-state index is 0.862. The first-order chi connectivity index (χ1) is 6.75. The third kappa shape index (κ3) is 1.84. The molecule has 2 nitrogen and oxygen atoms in total. The highest BCUT2D eigenvalue weighted by Crippen LogP contribution is 2.08. The molecule has 0 bridgehead atoms. The largest absolute Gasteiger partial charge is 0.346 e. The van der Waals surface area contributed by atoms with Crippen molar-refractivity contribution in [1.82, 2.24) is 9.55 Å². The van der Waals surface area contributed by atoms with Gasteiger partial charge in [0.2, 0.25) is 0 Å². The van der Waals surface area contributed by atoms with Gasteiger partial charge in [-0.25, -0.2) is 0 Å². The molecule has 14 heavy (non-hydrogen) atoms. The van der Waals surface area contributed by atoms with Crippen molar-refractivity contribution in [2.24, 2.45) is 0 Å². The Morgan fingerprint density at radius 3 is 2.71 bits per heavy atom. The lowest BCUT2D eigenvalue weighted by Crippen LogP contribution is -2.01. The van der Waals surface area contributed by atoms with E-state index in [1.54, 1.807) is 0 Å². The lowest BCUT2D eigenvalue weighted by molar-refractivity contribution is 0.754. The summed E-state index contributed by atoms with van der Waals surface area (Å²) in [6.07, 6.45) is 3.99. The van der Waals surface area contributed by atoms with E-state index in [4.69, 9.17) is 0 Å². The molecule has 0 atom stereocenters. The zero-order valence-corrected chi connectivity index (χ0v) is 8.57. The molecular formula is C12H14N2. The van der Waals surface area contributed by atoms with Crippen molar-refractivity contribution in [2.45, 2.75) is 20.4 Å². The predicted molar refractivity (Wildman–Crippen MR) is 57.2 cm³/mol. The van der Waals surface area contributed by atoms with Gasteiger partial charge in [-0.3, -0.25) is 4.98 Å². The lowest BCUT2D eigenvalue weighted by Gasteiger charge is -2.04. The summed E-state index contributed by atoms with van der Waals surface area (Å²) in [6.45, 7) is 5.10. The van der Waals surface area contributed by atoms with Gasteiger partial charge in [0.15, 0.2) is 0 Å². The number of nitrogens with zero attached hydrogens (tertiary/aromatic N) is 2. The van der Waals surface area contributed by atoms with Crippen molar-refractivity contribution in [1.29, 1.82) is 0 Å². The van der Waals surface area contributed by atoms with Crippen LogP contribution in [0.4, 0.5) is 0 Å². The lowest BCUT2D eigenvalue weighted by atomic mass is 10.3. The fourth-order valence-corrected chi connectivity index (χ4v) is 1.63. The molecule has 0 amide bonds. The number of pyridine rings is 1. The summed E-state index contributed by atoms with van der Waals surface area (Å²) in [5.41, 5.74) is 3.69. The van der Waals surface area contributed by atoms with Gasteiger partial charge in [-0.05, 0) is 37.6 Å². The van der Waals surface area contributed by atoms with E-state index < -0.39 is 0 Å². The van der Waals surface area contributed by atoms with E-state index in [2.05, 4.69) is 41.7 Å². The topological polar surface area (TPSA) is 17.8 Å². The second-order valence-corrected chi connectivity index (χ2v) is 3.61. The summed E-state index contributed by atoms with van der Waals surface area (Å²) in [5, 5.41) is 0. The monoisotopic (exact) mass is 186 g/mol. The van der Waals surface area contributed by atoms with Crippen molar-refractivity contribution < 1.29 is 0 Å². The predicted octanol–water partition coefficient (Wildman–Crippen LogP) is 2.55. The van der Waals surface area contributed by atoms with Crippen LogP contribution in [-0.4, -0.2) is 9.55 Å². The zero-order chi connectivity index (χ0) is 9.97. The van der Waals surface area contributed by atoms with E-state index in [9.17, 15) is 0 Å². The molecule has 0 saturated heterocycles. The van der Waals surface area contributed by atoms with Gasteiger partial charge >= 0.3 is 0 Å². The molecule has 2 aromatic heterocycles. The van der Waals surface area contributed by atoms with Gasteiger partial charge in [0.25, 0.3) is 0 Å². The SMILES string of the molecule is Cc1cc(C)n(Cc2ccccn2)c1. The Bertz CT molecular complexity index is 415. The van der Waals surface area contributed by atoms with Crippen LogP contribution in [0.2, 0.25) is 0 Å². The second-order valence-electron chi connectivity index (χ2n) is 3.61. The van der Waals surface area contributed by atoms with Gasteiger partial charge in [-0.2, -0.15) is 0 Å². The molecule has 0 aliphatic heterocycles. The molecular weight excluding hydrogens is 172 g/mol. The van der Waals surface area contributed by atoms with Gasteiger partial charge in [-0.1, -0.05) is 6.07 Å². The highest BCUT2D eigenvalue weighted by molar-refractivity contribution is 5.17. The average Bonchev–Trinajstić information content (AvgIpc) is 2.47. The van der Waals surface area contributed by atoms with Crippen LogP contribution in [0.5, 0.6) is 0 Å². The first-order valence-corrected chi connectivity index (χ1v) is 4.79. The molecule has 2 aromatic rings. The molecule has 0 saturated carbocycles. The van der Waals surface area contributed by atoms with Crippen molar-refractivity contribution in [3.8, 4) is 0 Å². The van der Waals surface area contributed by atoms with E-state index in [0.29, 0.717) is 0 Å². The third-order valence-corrected chi connectivity index (χ3v) is 2.31. The summed E-state index contributed by atoms with van der Waals surface area (Å²) < 4.78 is 2.22. The highest BCUT2D eigenvalue weighted by Gasteiger charge is 1.99.